The molecule has 0 saturated carbocycles. The molecule has 0 aliphatic carbocycles. The van der Waals surface area contributed by atoms with Gasteiger partial charge in [0.15, 0.2) is 11.3 Å². The predicted octanol–water partition coefficient (Wildman–Crippen LogP) is 3.67. The lowest BCUT2D eigenvalue weighted by Crippen LogP contribution is -2.07. The topological polar surface area (TPSA) is 77.5 Å². The van der Waals surface area contributed by atoms with E-state index in [4.69, 9.17) is 9.15 Å². The third-order valence-corrected chi connectivity index (χ3v) is 4.29. The van der Waals surface area contributed by atoms with Gasteiger partial charge in [0.25, 0.3) is 0 Å². The zero-order valence-corrected chi connectivity index (χ0v) is 14.3. The third-order valence-electron chi connectivity index (χ3n) is 4.29. The molecule has 0 fully saturated rings. The summed E-state index contributed by atoms with van der Waals surface area (Å²) in [5.41, 5.74) is 1.85. The van der Waals surface area contributed by atoms with Crippen LogP contribution < -0.4 is 10.2 Å². The Labute approximate surface area is 148 Å². The van der Waals surface area contributed by atoms with Crippen LogP contribution in [0.4, 0.5) is 0 Å². The van der Waals surface area contributed by atoms with Gasteiger partial charge in [-0.3, -0.25) is 4.79 Å². The number of hydrogen-bond acceptors (Lipinski definition) is 5. The number of nitrogens with zero attached hydrogens (tertiary/aromatic N) is 2. The highest BCUT2D eigenvalue weighted by Crippen LogP contribution is 2.35. The van der Waals surface area contributed by atoms with Crippen molar-refractivity contribution in [2.24, 2.45) is 0 Å². The Morgan fingerprint density at radius 2 is 1.92 bits per heavy atom. The Kier molecular flexibility index (Phi) is 3.73. The SMILES string of the molecule is COc1ccc2c(=O)c(-c3cnn(-c4ccccc4)c3)c(C)oc2c1O. The predicted molar refractivity (Wildman–Crippen MR) is 98.0 cm³/mol. The largest absolute Gasteiger partial charge is 0.502 e. The molecule has 0 spiro atoms. The smallest absolute Gasteiger partial charge is 0.202 e. The molecule has 0 aliphatic rings. The maximum absolute atomic E-state index is 13.0. The molecule has 0 amide bonds. The van der Waals surface area contributed by atoms with Crippen LogP contribution in [0.1, 0.15) is 5.76 Å². The fourth-order valence-corrected chi connectivity index (χ4v) is 3.01. The van der Waals surface area contributed by atoms with Gasteiger partial charge in [-0.1, -0.05) is 18.2 Å². The molecule has 4 aromatic rings. The summed E-state index contributed by atoms with van der Waals surface area (Å²) in [6.07, 6.45) is 3.41. The maximum Gasteiger partial charge on any atom is 0.202 e. The zero-order valence-electron chi connectivity index (χ0n) is 14.3. The average Bonchev–Trinajstić information content (AvgIpc) is 3.13. The van der Waals surface area contributed by atoms with Gasteiger partial charge in [0.1, 0.15) is 5.76 Å². The van der Waals surface area contributed by atoms with Crippen molar-refractivity contribution in [1.82, 2.24) is 9.78 Å². The van der Waals surface area contributed by atoms with Gasteiger partial charge in [-0.2, -0.15) is 5.10 Å². The van der Waals surface area contributed by atoms with Crippen molar-refractivity contribution in [3.8, 4) is 28.3 Å². The maximum atomic E-state index is 13.0. The van der Waals surface area contributed by atoms with Crippen molar-refractivity contribution < 1.29 is 14.3 Å². The van der Waals surface area contributed by atoms with E-state index in [0.29, 0.717) is 16.9 Å². The molecule has 6 heteroatoms. The Hall–Kier alpha value is -3.54. The summed E-state index contributed by atoms with van der Waals surface area (Å²) in [5.74, 6) is 0.472. The molecular weight excluding hydrogens is 332 g/mol. The lowest BCUT2D eigenvalue weighted by Gasteiger charge is -2.09. The molecule has 2 heterocycles. The molecule has 0 radical (unpaired) electrons. The van der Waals surface area contributed by atoms with Crippen LogP contribution in [0.15, 0.2) is 64.1 Å². The summed E-state index contributed by atoms with van der Waals surface area (Å²) in [6, 6.07) is 12.8. The zero-order chi connectivity index (χ0) is 18.3. The van der Waals surface area contributed by atoms with Gasteiger partial charge in [0.2, 0.25) is 11.2 Å². The van der Waals surface area contributed by atoms with Gasteiger partial charge in [0.05, 0.1) is 29.9 Å². The summed E-state index contributed by atoms with van der Waals surface area (Å²) in [4.78, 5) is 13.0. The molecule has 4 rings (SSSR count). The van der Waals surface area contributed by atoms with Crippen LogP contribution in [-0.4, -0.2) is 22.0 Å². The first-order chi connectivity index (χ1) is 12.6. The number of rotatable bonds is 3. The van der Waals surface area contributed by atoms with E-state index in [1.54, 1.807) is 36.1 Å². The normalized spacial score (nSPS) is 11.0. The Balaban J connectivity index is 1.91. The first-order valence-electron chi connectivity index (χ1n) is 8.04. The summed E-state index contributed by atoms with van der Waals surface area (Å²) in [7, 11) is 1.44. The van der Waals surface area contributed by atoms with Gasteiger partial charge >= 0.3 is 0 Å². The van der Waals surface area contributed by atoms with E-state index in [1.807, 2.05) is 30.3 Å². The Morgan fingerprint density at radius 1 is 1.15 bits per heavy atom. The van der Waals surface area contributed by atoms with Crippen molar-refractivity contribution in [3.05, 3.63) is 70.8 Å². The van der Waals surface area contributed by atoms with E-state index in [-0.39, 0.29) is 27.9 Å². The quantitative estimate of drug-likeness (QED) is 0.611. The summed E-state index contributed by atoms with van der Waals surface area (Å²) in [5, 5.41) is 14.9. The second-order valence-corrected chi connectivity index (χ2v) is 5.86. The van der Waals surface area contributed by atoms with Crippen LogP contribution in [0.2, 0.25) is 0 Å². The van der Waals surface area contributed by atoms with E-state index in [2.05, 4.69) is 5.10 Å². The summed E-state index contributed by atoms with van der Waals surface area (Å²) >= 11 is 0. The lowest BCUT2D eigenvalue weighted by atomic mass is 10.1. The van der Waals surface area contributed by atoms with Gasteiger partial charge < -0.3 is 14.3 Å². The van der Waals surface area contributed by atoms with Crippen LogP contribution in [0.25, 0.3) is 27.8 Å². The molecular formula is C20H16N2O4. The van der Waals surface area contributed by atoms with Crippen molar-refractivity contribution in [3.63, 3.8) is 0 Å². The van der Waals surface area contributed by atoms with Crippen LogP contribution in [0.5, 0.6) is 11.5 Å². The third kappa shape index (κ3) is 2.43. The van der Waals surface area contributed by atoms with E-state index in [9.17, 15) is 9.90 Å². The first kappa shape index (κ1) is 16.0. The Morgan fingerprint density at radius 3 is 2.65 bits per heavy atom. The number of phenols is 1. The van der Waals surface area contributed by atoms with Crippen molar-refractivity contribution in [2.45, 2.75) is 6.92 Å². The van der Waals surface area contributed by atoms with E-state index >= 15 is 0 Å². The Bertz CT molecular complexity index is 1160. The van der Waals surface area contributed by atoms with E-state index in [0.717, 1.165) is 5.69 Å². The van der Waals surface area contributed by atoms with Gasteiger partial charge in [-0.15, -0.1) is 0 Å². The monoisotopic (exact) mass is 348 g/mol. The lowest BCUT2D eigenvalue weighted by molar-refractivity contribution is 0.370. The number of methoxy groups -OCH3 is 1. The van der Waals surface area contributed by atoms with Crippen molar-refractivity contribution >= 4 is 11.0 Å². The number of phenolic OH excluding ortho intramolecular Hbond substituents is 1. The van der Waals surface area contributed by atoms with Crippen LogP contribution in [-0.2, 0) is 0 Å². The fraction of sp³-hybridized carbons (Fsp3) is 0.100. The molecule has 2 aromatic heterocycles. The minimum absolute atomic E-state index is 0.117. The van der Waals surface area contributed by atoms with Crippen LogP contribution in [0.3, 0.4) is 0 Å². The molecule has 130 valence electrons. The average molecular weight is 348 g/mol. The van der Waals surface area contributed by atoms with Crippen LogP contribution >= 0.6 is 0 Å². The molecule has 0 bridgehead atoms. The van der Waals surface area contributed by atoms with Crippen molar-refractivity contribution in [2.75, 3.05) is 7.11 Å². The number of aryl methyl sites for hydroxylation is 1. The second-order valence-electron chi connectivity index (χ2n) is 5.86. The molecule has 6 nitrogen and oxygen atoms in total. The van der Waals surface area contributed by atoms with Gasteiger partial charge in [0, 0.05) is 11.8 Å². The number of hydrogen-bond donors (Lipinski definition) is 1. The second kappa shape index (κ2) is 6.07. The highest BCUT2D eigenvalue weighted by atomic mass is 16.5. The van der Waals surface area contributed by atoms with E-state index in [1.165, 1.54) is 7.11 Å². The summed E-state index contributed by atoms with van der Waals surface area (Å²) < 4.78 is 12.5. The van der Waals surface area contributed by atoms with Crippen molar-refractivity contribution in [1.29, 1.82) is 0 Å². The van der Waals surface area contributed by atoms with Gasteiger partial charge in [-0.05, 0) is 31.2 Å². The van der Waals surface area contributed by atoms with Crippen LogP contribution in [0, 0.1) is 6.92 Å². The standard InChI is InChI=1S/C20H16N2O4/c1-12-17(13-10-21-22(11-13)14-6-4-3-5-7-14)18(23)15-8-9-16(25-2)19(24)20(15)26-12/h3-11,24H,1-2H3. The van der Waals surface area contributed by atoms with Gasteiger partial charge in [-0.25, -0.2) is 4.68 Å². The number of aromatic nitrogens is 2. The first-order valence-corrected chi connectivity index (χ1v) is 8.04. The minimum atomic E-state index is -0.227. The molecule has 0 unspecified atom stereocenters. The number of para-hydroxylation sites is 1. The molecule has 2 aromatic carbocycles. The molecule has 26 heavy (non-hydrogen) atoms. The van der Waals surface area contributed by atoms with E-state index < -0.39 is 0 Å². The molecule has 0 aliphatic heterocycles. The summed E-state index contributed by atoms with van der Waals surface area (Å²) in [6.45, 7) is 1.69. The molecule has 1 N–H and O–H groups in total. The number of benzene rings is 2. The fourth-order valence-electron chi connectivity index (χ4n) is 3.01. The number of aromatic hydroxyl groups is 1. The molecule has 0 saturated heterocycles. The minimum Gasteiger partial charge on any atom is -0.502 e. The number of ether oxygens (including phenoxy) is 1. The molecule has 0 atom stereocenters. The number of fused-ring (bicyclic) bond motifs is 1. The highest BCUT2D eigenvalue weighted by Gasteiger charge is 2.19. The highest BCUT2D eigenvalue weighted by molar-refractivity contribution is 5.88.